The molecule has 2 rings (SSSR count). The number of hydrogen-bond acceptors (Lipinski definition) is 3. The lowest BCUT2D eigenvalue weighted by Crippen LogP contribution is -2.32. The second-order valence-electron chi connectivity index (χ2n) is 5.14. The second kappa shape index (κ2) is 7.04. The molecule has 0 bridgehead atoms. The Labute approximate surface area is 124 Å². The Hall–Kier alpha value is -2.14. The van der Waals surface area contributed by atoms with Gasteiger partial charge in [0, 0.05) is 26.1 Å². The van der Waals surface area contributed by atoms with Crippen LogP contribution in [0.25, 0.3) is 0 Å². The summed E-state index contributed by atoms with van der Waals surface area (Å²) in [5.74, 6) is -0.270. The summed E-state index contributed by atoms with van der Waals surface area (Å²) in [6, 6.07) is 7.73. The number of likely N-dealkylation sites (tertiary alicyclic amines) is 1. The van der Waals surface area contributed by atoms with Crippen molar-refractivity contribution in [2.45, 2.75) is 32.0 Å². The molecular formula is C16H20N2O3. The first-order valence-corrected chi connectivity index (χ1v) is 7.04. The van der Waals surface area contributed by atoms with Gasteiger partial charge in [-0.1, -0.05) is 36.9 Å². The summed E-state index contributed by atoms with van der Waals surface area (Å²) in [6.45, 7) is 5.12. The molecule has 1 fully saturated rings. The number of carbonyl (C=O) groups is 2. The first kappa shape index (κ1) is 15.3. The van der Waals surface area contributed by atoms with Crippen LogP contribution in [0.2, 0.25) is 0 Å². The van der Waals surface area contributed by atoms with Gasteiger partial charge < -0.3 is 15.3 Å². The van der Waals surface area contributed by atoms with Crippen LogP contribution in [0.15, 0.2) is 36.9 Å². The molecule has 5 nitrogen and oxygen atoms in total. The lowest BCUT2D eigenvalue weighted by molar-refractivity contribution is -0.128. The molecule has 1 saturated heterocycles. The molecule has 0 aromatic heterocycles. The molecule has 1 unspecified atom stereocenters. The number of aliphatic hydroxyl groups is 1. The summed E-state index contributed by atoms with van der Waals surface area (Å²) in [5, 5.41) is 11.9. The minimum atomic E-state index is -1.18. The monoisotopic (exact) mass is 288 g/mol. The molecule has 1 atom stereocenters. The Morgan fingerprint density at radius 2 is 2.24 bits per heavy atom. The van der Waals surface area contributed by atoms with Crippen LogP contribution in [0.4, 0.5) is 0 Å². The summed E-state index contributed by atoms with van der Waals surface area (Å²) in [6.07, 6.45) is 1.56. The zero-order chi connectivity index (χ0) is 15.2. The molecule has 112 valence electrons. The van der Waals surface area contributed by atoms with E-state index in [1.165, 1.54) is 6.08 Å². The normalized spacial score (nSPS) is 15.9. The Kier molecular flexibility index (Phi) is 5.11. The quantitative estimate of drug-likeness (QED) is 0.766. The van der Waals surface area contributed by atoms with E-state index in [9.17, 15) is 14.7 Å². The van der Waals surface area contributed by atoms with Gasteiger partial charge in [-0.3, -0.25) is 9.59 Å². The number of hydrogen-bond donors (Lipinski definition) is 2. The summed E-state index contributed by atoms with van der Waals surface area (Å²) in [7, 11) is 0. The van der Waals surface area contributed by atoms with Gasteiger partial charge in [-0.05, 0) is 17.5 Å². The molecule has 0 spiro atoms. The molecule has 0 aliphatic carbocycles. The standard InChI is InChI=1S/C16H20N2O3/c1-2-14(19)16(21)17-10-12-5-3-6-13(9-12)11-18-8-4-7-15(18)20/h2-3,5-6,9,14,19H,1,4,7-8,10-11H2,(H,17,21). The van der Waals surface area contributed by atoms with Gasteiger partial charge in [0.15, 0.2) is 6.10 Å². The van der Waals surface area contributed by atoms with Crippen LogP contribution >= 0.6 is 0 Å². The molecule has 5 heteroatoms. The zero-order valence-electron chi connectivity index (χ0n) is 11.9. The van der Waals surface area contributed by atoms with E-state index in [0.29, 0.717) is 19.5 Å². The summed E-state index contributed by atoms with van der Waals surface area (Å²) >= 11 is 0. The Morgan fingerprint density at radius 3 is 2.90 bits per heavy atom. The number of rotatable bonds is 6. The maximum atomic E-state index is 11.6. The van der Waals surface area contributed by atoms with E-state index in [1.54, 1.807) is 0 Å². The molecule has 21 heavy (non-hydrogen) atoms. The number of carbonyl (C=O) groups excluding carboxylic acids is 2. The fraction of sp³-hybridized carbons (Fsp3) is 0.375. The van der Waals surface area contributed by atoms with Crippen molar-refractivity contribution in [1.82, 2.24) is 10.2 Å². The van der Waals surface area contributed by atoms with Crippen molar-refractivity contribution >= 4 is 11.8 Å². The van der Waals surface area contributed by atoms with Crippen LogP contribution in [0, 0.1) is 0 Å². The number of nitrogens with one attached hydrogen (secondary N) is 1. The predicted molar refractivity (Wildman–Crippen MR) is 79.1 cm³/mol. The number of amides is 2. The maximum Gasteiger partial charge on any atom is 0.253 e. The van der Waals surface area contributed by atoms with Crippen molar-refractivity contribution in [2.24, 2.45) is 0 Å². The van der Waals surface area contributed by atoms with Crippen molar-refractivity contribution < 1.29 is 14.7 Å². The highest BCUT2D eigenvalue weighted by Gasteiger charge is 2.19. The summed E-state index contributed by atoms with van der Waals surface area (Å²) < 4.78 is 0. The molecule has 1 heterocycles. The van der Waals surface area contributed by atoms with Gasteiger partial charge >= 0.3 is 0 Å². The van der Waals surface area contributed by atoms with Crippen molar-refractivity contribution in [1.29, 1.82) is 0 Å². The van der Waals surface area contributed by atoms with Gasteiger partial charge in [-0.15, -0.1) is 0 Å². The SMILES string of the molecule is C=CC(O)C(=O)NCc1cccc(CN2CCCC2=O)c1. The highest BCUT2D eigenvalue weighted by molar-refractivity contribution is 5.82. The maximum absolute atomic E-state index is 11.6. The van der Waals surface area contributed by atoms with Gasteiger partial charge in [-0.2, -0.15) is 0 Å². The van der Waals surface area contributed by atoms with Crippen LogP contribution in [-0.4, -0.2) is 34.5 Å². The lowest BCUT2D eigenvalue weighted by atomic mass is 10.1. The third-order valence-corrected chi connectivity index (χ3v) is 3.49. The van der Waals surface area contributed by atoms with Crippen LogP contribution in [0.5, 0.6) is 0 Å². The van der Waals surface area contributed by atoms with Crippen molar-refractivity contribution in [2.75, 3.05) is 6.54 Å². The smallest absolute Gasteiger partial charge is 0.253 e. The molecule has 1 aromatic rings. The van der Waals surface area contributed by atoms with Crippen molar-refractivity contribution in [3.63, 3.8) is 0 Å². The minimum Gasteiger partial charge on any atom is -0.379 e. The van der Waals surface area contributed by atoms with Crippen LogP contribution in [0.3, 0.4) is 0 Å². The van der Waals surface area contributed by atoms with E-state index in [1.807, 2.05) is 29.2 Å². The Bertz CT molecular complexity index is 542. The third kappa shape index (κ3) is 4.16. The average Bonchev–Trinajstić information content (AvgIpc) is 2.89. The van der Waals surface area contributed by atoms with Crippen LogP contribution in [-0.2, 0) is 22.7 Å². The molecule has 0 radical (unpaired) electrons. The van der Waals surface area contributed by atoms with Crippen molar-refractivity contribution in [3.8, 4) is 0 Å². The zero-order valence-corrected chi connectivity index (χ0v) is 11.9. The number of aliphatic hydroxyl groups excluding tert-OH is 1. The molecule has 0 saturated carbocycles. The summed E-state index contributed by atoms with van der Waals surface area (Å²) in [4.78, 5) is 24.9. The molecule has 1 aromatic carbocycles. The van der Waals surface area contributed by atoms with Gasteiger partial charge in [0.05, 0.1) is 0 Å². The molecule has 2 amide bonds. The van der Waals surface area contributed by atoms with Crippen molar-refractivity contribution in [3.05, 3.63) is 48.0 Å². The largest absolute Gasteiger partial charge is 0.379 e. The Morgan fingerprint density at radius 1 is 1.48 bits per heavy atom. The molecule has 2 N–H and O–H groups in total. The molecule has 1 aliphatic rings. The highest BCUT2D eigenvalue weighted by Crippen LogP contribution is 2.15. The molecular weight excluding hydrogens is 268 g/mol. The van der Waals surface area contributed by atoms with E-state index in [-0.39, 0.29) is 5.91 Å². The van der Waals surface area contributed by atoms with E-state index in [0.717, 1.165) is 24.1 Å². The fourth-order valence-corrected chi connectivity index (χ4v) is 2.33. The van der Waals surface area contributed by atoms with E-state index in [2.05, 4.69) is 11.9 Å². The average molecular weight is 288 g/mol. The summed E-state index contributed by atoms with van der Waals surface area (Å²) in [5.41, 5.74) is 1.98. The predicted octanol–water partition coefficient (Wildman–Crippen LogP) is 0.972. The molecule has 1 aliphatic heterocycles. The van der Waals surface area contributed by atoms with Gasteiger partial charge in [-0.25, -0.2) is 0 Å². The first-order chi connectivity index (χ1) is 10.1. The minimum absolute atomic E-state index is 0.197. The number of nitrogens with zero attached hydrogens (tertiary/aromatic N) is 1. The number of benzene rings is 1. The second-order valence-corrected chi connectivity index (χ2v) is 5.14. The Balaban J connectivity index is 1.93. The van der Waals surface area contributed by atoms with Crippen LogP contribution in [0.1, 0.15) is 24.0 Å². The first-order valence-electron chi connectivity index (χ1n) is 7.04. The van der Waals surface area contributed by atoms with E-state index < -0.39 is 12.0 Å². The van der Waals surface area contributed by atoms with Crippen LogP contribution < -0.4 is 5.32 Å². The lowest BCUT2D eigenvalue weighted by Gasteiger charge is -2.16. The van der Waals surface area contributed by atoms with Gasteiger partial charge in [0.2, 0.25) is 5.91 Å². The van der Waals surface area contributed by atoms with Gasteiger partial charge in [0.1, 0.15) is 0 Å². The van der Waals surface area contributed by atoms with E-state index in [4.69, 9.17) is 0 Å². The third-order valence-electron chi connectivity index (χ3n) is 3.49. The van der Waals surface area contributed by atoms with E-state index >= 15 is 0 Å². The van der Waals surface area contributed by atoms with Gasteiger partial charge in [0.25, 0.3) is 5.91 Å². The fourth-order valence-electron chi connectivity index (χ4n) is 2.33. The highest BCUT2D eigenvalue weighted by atomic mass is 16.3. The topological polar surface area (TPSA) is 69.6 Å².